The molecule has 2 aromatic rings. The Hall–Kier alpha value is -3.23. The van der Waals surface area contributed by atoms with Gasteiger partial charge in [0.25, 0.3) is 11.7 Å². The fourth-order valence-electron chi connectivity index (χ4n) is 3.99. The Morgan fingerprint density at radius 1 is 1.11 bits per heavy atom. The first-order valence-electron chi connectivity index (χ1n) is 11.2. The van der Waals surface area contributed by atoms with Crippen molar-refractivity contribution in [1.82, 2.24) is 9.80 Å². The summed E-state index contributed by atoms with van der Waals surface area (Å²) in [5, 5.41) is 11.7. The molecule has 1 fully saturated rings. The van der Waals surface area contributed by atoms with Crippen molar-refractivity contribution in [3.63, 3.8) is 0 Å². The monoisotopic (exact) mass is 502 g/mol. The van der Waals surface area contributed by atoms with E-state index in [0.717, 1.165) is 0 Å². The third kappa shape index (κ3) is 5.55. The zero-order chi connectivity index (χ0) is 25.9. The molecule has 0 spiro atoms. The Kier molecular flexibility index (Phi) is 8.30. The van der Waals surface area contributed by atoms with E-state index in [1.165, 1.54) is 31.3 Å². The van der Waals surface area contributed by atoms with Crippen molar-refractivity contribution in [2.24, 2.45) is 0 Å². The van der Waals surface area contributed by atoms with E-state index in [0.29, 0.717) is 23.6 Å². The average molecular weight is 503 g/mol. The summed E-state index contributed by atoms with van der Waals surface area (Å²) in [5.74, 6) is -0.710. The summed E-state index contributed by atoms with van der Waals surface area (Å²) >= 11 is 6.22. The summed E-state index contributed by atoms with van der Waals surface area (Å²) in [6, 6.07) is 9.35. The summed E-state index contributed by atoms with van der Waals surface area (Å²) in [5.41, 5.74) is 0.791. The molecular formula is C26H31ClN2O6. The van der Waals surface area contributed by atoms with Gasteiger partial charge in [-0.1, -0.05) is 23.7 Å². The molecule has 3 rings (SSSR count). The zero-order valence-corrected chi connectivity index (χ0v) is 21.5. The van der Waals surface area contributed by atoms with Gasteiger partial charge < -0.3 is 29.1 Å². The number of likely N-dealkylation sites (tertiary alicyclic amines) is 1. The lowest BCUT2D eigenvalue weighted by Gasteiger charge is -2.27. The number of methoxy groups -OCH3 is 2. The van der Waals surface area contributed by atoms with Gasteiger partial charge in [0.05, 0.1) is 42.5 Å². The maximum absolute atomic E-state index is 13.3. The second kappa shape index (κ2) is 11.0. The van der Waals surface area contributed by atoms with Gasteiger partial charge >= 0.3 is 0 Å². The highest BCUT2D eigenvalue weighted by molar-refractivity contribution is 6.46. The van der Waals surface area contributed by atoms with Crippen molar-refractivity contribution in [1.29, 1.82) is 0 Å². The van der Waals surface area contributed by atoms with Gasteiger partial charge in [-0.3, -0.25) is 9.59 Å². The summed E-state index contributed by atoms with van der Waals surface area (Å²) < 4.78 is 16.5. The van der Waals surface area contributed by atoms with Crippen molar-refractivity contribution in [3.8, 4) is 17.2 Å². The quantitative estimate of drug-likeness (QED) is 0.313. The van der Waals surface area contributed by atoms with Crippen molar-refractivity contribution >= 4 is 29.1 Å². The lowest BCUT2D eigenvalue weighted by Crippen LogP contribution is -2.35. The van der Waals surface area contributed by atoms with Crippen molar-refractivity contribution < 1.29 is 28.9 Å². The fourth-order valence-corrected chi connectivity index (χ4v) is 4.22. The Morgan fingerprint density at radius 3 is 2.40 bits per heavy atom. The highest BCUT2D eigenvalue weighted by Crippen LogP contribution is 2.43. The third-order valence-electron chi connectivity index (χ3n) is 5.60. The summed E-state index contributed by atoms with van der Waals surface area (Å²) in [7, 11) is 6.63. The van der Waals surface area contributed by atoms with E-state index in [1.807, 2.05) is 38.9 Å². The lowest BCUT2D eigenvalue weighted by atomic mass is 9.94. The Morgan fingerprint density at radius 2 is 1.80 bits per heavy atom. The molecular weight excluding hydrogens is 472 g/mol. The molecule has 35 heavy (non-hydrogen) atoms. The van der Waals surface area contributed by atoms with Crippen LogP contribution in [0.2, 0.25) is 5.02 Å². The average Bonchev–Trinajstić information content (AvgIpc) is 3.06. The second-order valence-electron chi connectivity index (χ2n) is 8.72. The van der Waals surface area contributed by atoms with Gasteiger partial charge in [-0.25, -0.2) is 0 Å². The molecule has 0 radical (unpaired) electrons. The number of ketones is 1. The molecule has 1 aliphatic rings. The lowest BCUT2D eigenvalue weighted by molar-refractivity contribution is -0.140. The molecule has 9 heteroatoms. The van der Waals surface area contributed by atoms with E-state index in [9.17, 15) is 14.7 Å². The first-order valence-corrected chi connectivity index (χ1v) is 11.6. The first-order chi connectivity index (χ1) is 16.6. The number of aliphatic hydroxyl groups is 1. The molecule has 0 aromatic heterocycles. The number of amides is 1. The van der Waals surface area contributed by atoms with Crippen LogP contribution in [0.5, 0.6) is 17.2 Å². The number of carbonyl (C=O) groups excluding carboxylic acids is 2. The molecule has 1 amide bonds. The molecule has 1 unspecified atom stereocenters. The van der Waals surface area contributed by atoms with Crippen LogP contribution in [0.15, 0.2) is 42.0 Å². The van der Waals surface area contributed by atoms with Gasteiger partial charge in [-0.2, -0.15) is 0 Å². The van der Waals surface area contributed by atoms with Crippen LogP contribution < -0.4 is 14.2 Å². The highest BCUT2D eigenvalue weighted by Gasteiger charge is 2.46. The van der Waals surface area contributed by atoms with Gasteiger partial charge in [0.15, 0.2) is 0 Å². The van der Waals surface area contributed by atoms with Crippen molar-refractivity contribution in [3.05, 3.63) is 58.1 Å². The molecule has 188 valence electrons. The number of hydrogen-bond acceptors (Lipinski definition) is 7. The summed E-state index contributed by atoms with van der Waals surface area (Å²) in [6.07, 6.45) is -0.0591. The number of benzene rings is 2. The van der Waals surface area contributed by atoms with Gasteiger partial charge in [-0.05, 0) is 51.7 Å². The van der Waals surface area contributed by atoms with Gasteiger partial charge in [0.1, 0.15) is 23.0 Å². The molecule has 0 aliphatic carbocycles. The number of carbonyl (C=O) groups is 2. The molecule has 1 heterocycles. The molecule has 8 nitrogen and oxygen atoms in total. The molecule has 2 aromatic carbocycles. The molecule has 0 bridgehead atoms. The van der Waals surface area contributed by atoms with Crippen LogP contribution in [0.1, 0.15) is 31.0 Å². The minimum absolute atomic E-state index is 0.0434. The van der Waals surface area contributed by atoms with Crippen molar-refractivity contribution in [2.45, 2.75) is 26.0 Å². The standard InChI is InChI=1S/C26H31ClN2O6/c1-15(2)35-17-9-7-8-16(12-17)23-22(25(31)26(32)29(23)11-10-28(3)4)24(30)18-13-21(34-6)19(27)14-20(18)33-5/h7-9,12-15,23,30H,10-11H2,1-6H3/b24-22+. The minimum Gasteiger partial charge on any atom is -0.507 e. The number of rotatable bonds is 9. The maximum atomic E-state index is 13.3. The number of nitrogens with zero attached hydrogens (tertiary/aromatic N) is 2. The highest BCUT2D eigenvalue weighted by atomic mass is 35.5. The molecule has 0 saturated carbocycles. The Balaban J connectivity index is 2.24. The minimum atomic E-state index is -0.822. The van der Waals surface area contributed by atoms with Crippen LogP contribution in [0.3, 0.4) is 0 Å². The van der Waals surface area contributed by atoms with Crippen LogP contribution >= 0.6 is 11.6 Å². The number of halogens is 1. The Bertz CT molecular complexity index is 1140. The Labute approximate surface area is 210 Å². The first kappa shape index (κ1) is 26.4. The SMILES string of the molecule is COc1cc(/C(O)=C2\C(=O)C(=O)N(CCN(C)C)C2c2cccc(OC(C)C)c2)c(OC)cc1Cl. The number of hydrogen-bond donors (Lipinski definition) is 1. The fraction of sp³-hybridized carbons (Fsp3) is 0.385. The maximum Gasteiger partial charge on any atom is 0.295 e. The molecule has 1 atom stereocenters. The van der Waals surface area contributed by atoms with Crippen LogP contribution in [0, 0.1) is 0 Å². The van der Waals surface area contributed by atoms with Crippen LogP contribution in [-0.2, 0) is 9.59 Å². The predicted molar refractivity (Wildman–Crippen MR) is 134 cm³/mol. The topological polar surface area (TPSA) is 88.5 Å². The van der Waals surface area contributed by atoms with E-state index in [-0.39, 0.29) is 40.3 Å². The third-order valence-corrected chi connectivity index (χ3v) is 5.90. The van der Waals surface area contributed by atoms with E-state index < -0.39 is 17.7 Å². The summed E-state index contributed by atoms with van der Waals surface area (Å²) in [4.78, 5) is 29.8. The number of ether oxygens (including phenoxy) is 3. The van der Waals surface area contributed by atoms with Crippen LogP contribution in [0.4, 0.5) is 0 Å². The molecule has 1 aliphatic heterocycles. The second-order valence-corrected chi connectivity index (χ2v) is 9.13. The number of Topliss-reactive ketones (excluding diaryl/α,β-unsaturated/α-hetero) is 1. The number of likely N-dealkylation sites (N-methyl/N-ethyl adjacent to an activating group) is 1. The van der Waals surface area contributed by atoms with Crippen molar-refractivity contribution in [2.75, 3.05) is 41.4 Å². The van der Waals surface area contributed by atoms with Gasteiger partial charge in [0, 0.05) is 19.2 Å². The summed E-state index contributed by atoms with van der Waals surface area (Å²) in [6.45, 7) is 4.64. The van der Waals surface area contributed by atoms with Gasteiger partial charge in [0.2, 0.25) is 0 Å². The zero-order valence-electron chi connectivity index (χ0n) is 20.8. The van der Waals surface area contributed by atoms with Gasteiger partial charge in [-0.15, -0.1) is 0 Å². The van der Waals surface area contributed by atoms with Crippen LogP contribution in [-0.4, -0.2) is 74.1 Å². The van der Waals surface area contributed by atoms with E-state index in [1.54, 1.807) is 18.2 Å². The van der Waals surface area contributed by atoms with E-state index in [4.69, 9.17) is 25.8 Å². The van der Waals surface area contributed by atoms with E-state index >= 15 is 0 Å². The number of aliphatic hydroxyl groups excluding tert-OH is 1. The predicted octanol–water partition coefficient (Wildman–Crippen LogP) is 4.13. The molecule has 1 N–H and O–H groups in total. The van der Waals surface area contributed by atoms with Crippen LogP contribution in [0.25, 0.3) is 5.76 Å². The molecule has 1 saturated heterocycles. The van der Waals surface area contributed by atoms with E-state index in [2.05, 4.69) is 0 Å². The normalized spacial score (nSPS) is 17.4. The largest absolute Gasteiger partial charge is 0.507 e. The smallest absolute Gasteiger partial charge is 0.295 e.